The van der Waals surface area contributed by atoms with E-state index in [0.717, 1.165) is 5.69 Å². The third kappa shape index (κ3) is 2.97. The summed E-state index contributed by atoms with van der Waals surface area (Å²) in [4.78, 5) is 30.6. The number of nitrogens with zero attached hydrogens (tertiary/aromatic N) is 3. The van der Waals surface area contributed by atoms with E-state index in [9.17, 15) is 9.59 Å². The van der Waals surface area contributed by atoms with Crippen LogP contribution in [0.2, 0.25) is 0 Å². The second-order valence-electron chi connectivity index (χ2n) is 3.64. The Morgan fingerprint density at radius 1 is 1.33 bits per heavy atom. The number of nitrogens with one attached hydrogen (secondary N) is 2. The molecule has 0 aliphatic carbocycles. The largest absolute Gasteiger partial charge is 0.345 e. The number of H-pyrrole nitrogens is 1. The highest BCUT2D eigenvalue weighted by molar-refractivity contribution is 5.91. The normalized spacial score (nSPS) is 10.1. The molecule has 0 aromatic carbocycles. The fraction of sp³-hybridized carbons (Fsp3) is 0.182. The molecule has 2 rings (SSSR count). The minimum absolute atomic E-state index is 0.148. The molecule has 2 heterocycles. The van der Waals surface area contributed by atoms with Crippen molar-refractivity contribution in [1.29, 1.82) is 0 Å². The van der Waals surface area contributed by atoms with Crippen LogP contribution in [0.15, 0.2) is 29.3 Å². The molecule has 2 aromatic heterocycles. The number of amides is 1. The van der Waals surface area contributed by atoms with Crippen LogP contribution in [-0.2, 0) is 6.54 Å². The van der Waals surface area contributed by atoms with Crippen molar-refractivity contribution in [1.82, 2.24) is 25.5 Å². The van der Waals surface area contributed by atoms with Gasteiger partial charge in [-0.3, -0.25) is 19.6 Å². The molecule has 0 radical (unpaired) electrons. The summed E-state index contributed by atoms with van der Waals surface area (Å²) in [6.07, 6.45) is 3.22. The van der Waals surface area contributed by atoms with Crippen LogP contribution >= 0.6 is 0 Å². The van der Waals surface area contributed by atoms with Crippen molar-refractivity contribution in [3.8, 4) is 0 Å². The molecule has 0 aliphatic heterocycles. The quantitative estimate of drug-likeness (QED) is 0.779. The van der Waals surface area contributed by atoms with Crippen molar-refractivity contribution < 1.29 is 4.79 Å². The number of carbonyl (C=O) groups excluding carboxylic acids is 1. The summed E-state index contributed by atoms with van der Waals surface area (Å²) in [5.74, 6) is -0.381. The lowest BCUT2D eigenvalue weighted by Crippen LogP contribution is -2.25. The smallest absolute Gasteiger partial charge is 0.272 e. The average molecular weight is 245 g/mol. The Bertz CT molecular complexity index is 585. The highest BCUT2D eigenvalue weighted by Crippen LogP contribution is 1.95. The number of rotatable bonds is 3. The van der Waals surface area contributed by atoms with E-state index in [1.54, 1.807) is 12.4 Å². The zero-order valence-electron chi connectivity index (χ0n) is 9.67. The first-order chi connectivity index (χ1) is 8.65. The van der Waals surface area contributed by atoms with Gasteiger partial charge in [0.2, 0.25) is 0 Å². The maximum absolute atomic E-state index is 11.7. The van der Waals surface area contributed by atoms with Gasteiger partial charge in [-0.15, -0.1) is 0 Å². The van der Waals surface area contributed by atoms with Crippen molar-refractivity contribution in [3.05, 3.63) is 52.0 Å². The first-order valence-electron chi connectivity index (χ1n) is 5.26. The van der Waals surface area contributed by atoms with Crippen LogP contribution in [0.5, 0.6) is 0 Å². The molecule has 92 valence electrons. The fourth-order valence-corrected chi connectivity index (χ4v) is 1.24. The standard InChI is InChI=1S/C11H11N5O2/c1-7-4-13-8(5-12-7)6-14-11(18)9-2-3-10(17)16-15-9/h2-5H,6H2,1H3,(H,14,18)(H,16,17). The number of aromatic amines is 1. The molecule has 0 atom stereocenters. The molecular weight excluding hydrogens is 234 g/mol. The van der Waals surface area contributed by atoms with Crippen LogP contribution in [0.25, 0.3) is 0 Å². The Labute approximate surface area is 102 Å². The fourth-order valence-electron chi connectivity index (χ4n) is 1.24. The van der Waals surface area contributed by atoms with Crippen molar-refractivity contribution in [2.45, 2.75) is 13.5 Å². The maximum atomic E-state index is 11.7. The van der Waals surface area contributed by atoms with Crippen LogP contribution < -0.4 is 10.9 Å². The van der Waals surface area contributed by atoms with E-state index in [-0.39, 0.29) is 23.7 Å². The topological polar surface area (TPSA) is 101 Å². The molecule has 0 saturated carbocycles. The summed E-state index contributed by atoms with van der Waals surface area (Å²) < 4.78 is 0. The molecule has 0 unspecified atom stereocenters. The van der Waals surface area contributed by atoms with E-state index in [1.165, 1.54) is 12.1 Å². The monoisotopic (exact) mass is 245 g/mol. The van der Waals surface area contributed by atoms with Gasteiger partial charge in [0.05, 0.1) is 24.1 Å². The second kappa shape index (κ2) is 5.17. The van der Waals surface area contributed by atoms with Crippen molar-refractivity contribution in [3.63, 3.8) is 0 Å². The lowest BCUT2D eigenvalue weighted by atomic mass is 10.3. The summed E-state index contributed by atoms with van der Waals surface area (Å²) in [6, 6.07) is 2.60. The Hall–Kier alpha value is -2.57. The predicted octanol–water partition coefficient (Wildman–Crippen LogP) is -0.202. The predicted molar refractivity (Wildman–Crippen MR) is 62.8 cm³/mol. The Morgan fingerprint density at radius 3 is 2.78 bits per heavy atom. The van der Waals surface area contributed by atoms with Crippen LogP contribution in [-0.4, -0.2) is 26.1 Å². The zero-order chi connectivity index (χ0) is 13.0. The molecule has 2 N–H and O–H groups in total. The van der Waals surface area contributed by atoms with Crippen molar-refractivity contribution in [2.24, 2.45) is 0 Å². The molecule has 2 aromatic rings. The molecule has 0 saturated heterocycles. The molecule has 18 heavy (non-hydrogen) atoms. The Balaban J connectivity index is 1.98. The SMILES string of the molecule is Cc1cnc(CNC(=O)c2ccc(=O)[nH]n2)cn1. The number of aryl methyl sites for hydroxylation is 1. The first kappa shape index (κ1) is 11.9. The van der Waals surface area contributed by atoms with Crippen molar-refractivity contribution >= 4 is 5.91 Å². The first-order valence-corrected chi connectivity index (χ1v) is 5.26. The van der Waals surface area contributed by atoms with Gasteiger partial charge in [-0.2, -0.15) is 5.10 Å². The van der Waals surface area contributed by atoms with E-state index in [0.29, 0.717) is 5.69 Å². The summed E-state index contributed by atoms with van der Waals surface area (Å²) in [5, 5.41) is 8.44. The van der Waals surface area contributed by atoms with Crippen molar-refractivity contribution in [2.75, 3.05) is 0 Å². The molecule has 0 bridgehead atoms. The minimum Gasteiger partial charge on any atom is -0.345 e. The Kier molecular flexibility index (Phi) is 3.42. The van der Waals surface area contributed by atoms with Gasteiger partial charge < -0.3 is 5.32 Å². The molecule has 1 amide bonds. The van der Waals surface area contributed by atoms with Gasteiger partial charge in [0, 0.05) is 12.3 Å². The van der Waals surface area contributed by atoms with Crippen LogP contribution in [0.4, 0.5) is 0 Å². The van der Waals surface area contributed by atoms with Gasteiger partial charge in [0.25, 0.3) is 11.5 Å². The number of hydrogen-bond donors (Lipinski definition) is 2. The van der Waals surface area contributed by atoms with E-state index < -0.39 is 0 Å². The zero-order valence-corrected chi connectivity index (χ0v) is 9.67. The summed E-state index contributed by atoms with van der Waals surface area (Å²) in [5.41, 5.74) is 1.26. The van der Waals surface area contributed by atoms with E-state index >= 15 is 0 Å². The summed E-state index contributed by atoms with van der Waals surface area (Å²) in [7, 11) is 0. The summed E-state index contributed by atoms with van der Waals surface area (Å²) in [6.45, 7) is 2.09. The lowest BCUT2D eigenvalue weighted by Gasteiger charge is -2.03. The van der Waals surface area contributed by atoms with Gasteiger partial charge >= 0.3 is 0 Å². The molecule has 0 spiro atoms. The lowest BCUT2D eigenvalue weighted by molar-refractivity contribution is 0.0944. The highest BCUT2D eigenvalue weighted by Gasteiger charge is 2.07. The van der Waals surface area contributed by atoms with E-state index in [4.69, 9.17) is 0 Å². The summed E-state index contributed by atoms with van der Waals surface area (Å²) >= 11 is 0. The third-order valence-electron chi connectivity index (χ3n) is 2.18. The maximum Gasteiger partial charge on any atom is 0.272 e. The Morgan fingerprint density at radius 2 is 2.17 bits per heavy atom. The number of hydrogen-bond acceptors (Lipinski definition) is 5. The van der Waals surface area contributed by atoms with Gasteiger partial charge in [-0.1, -0.05) is 0 Å². The highest BCUT2D eigenvalue weighted by atomic mass is 16.2. The molecule has 7 heteroatoms. The third-order valence-corrected chi connectivity index (χ3v) is 2.18. The molecule has 0 fully saturated rings. The van der Waals surface area contributed by atoms with Gasteiger partial charge in [-0.25, -0.2) is 5.10 Å². The number of carbonyl (C=O) groups is 1. The number of aromatic nitrogens is 4. The van der Waals surface area contributed by atoms with Gasteiger partial charge in [0.15, 0.2) is 0 Å². The van der Waals surface area contributed by atoms with Gasteiger partial charge in [-0.05, 0) is 13.0 Å². The molecule has 0 aliphatic rings. The average Bonchev–Trinajstić information content (AvgIpc) is 2.38. The second-order valence-corrected chi connectivity index (χ2v) is 3.64. The molecular formula is C11H11N5O2. The van der Waals surface area contributed by atoms with E-state index in [1.807, 2.05) is 6.92 Å². The van der Waals surface area contributed by atoms with Crippen LogP contribution in [0.3, 0.4) is 0 Å². The van der Waals surface area contributed by atoms with E-state index in [2.05, 4.69) is 25.5 Å². The van der Waals surface area contributed by atoms with Gasteiger partial charge in [0.1, 0.15) is 5.69 Å². The minimum atomic E-state index is -0.381. The molecule has 7 nitrogen and oxygen atoms in total. The van der Waals surface area contributed by atoms with Crippen LogP contribution in [0, 0.1) is 6.92 Å². The van der Waals surface area contributed by atoms with Crippen LogP contribution in [0.1, 0.15) is 21.9 Å².